The minimum Gasteiger partial charge on any atom is -0.465 e. The van der Waals surface area contributed by atoms with Crippen LogP contribution in [0.3, 0.4) is 0 Å². The zero-order chi connectivity index (χ0) is 18.8. The molecule has 0 saturated carbocycles. The second kappa shape index (κ2) is 7.07. The lowest BCUT2D eigenvalue weighted by molar-refractivity contribution is -0.121. The van der Waals surface area contributed by atoms with Crippen LogP contribution in [0.25, 0.3) is 22.6 Å². The number of ether oxygens (including phenoxy) is 1. The molecule has 27 heavy (non-hydrogen) atoms. The lowest BCUT2D eigenvalue weighted by Crippen LogP contribution is -2.22. The molecule has 0 unspecified atom stereocenters. The van der Waals surface area contributed by atoms with Crippen LogP contribution in [-0.4, -0.2) is 23.5 Å². The van der Waals surface area contributed by atoms with Crippen molar-refractivity contribution in [3.05, 3.63) is 65.2 Å². The maximum Gasteiger partial charge on any atom is 0.339 e. The number of hydrogen-bond acceptors (Lipinski definition) is 5. The maximum absolute atomic E-state index is 12.8. The Kier molecular flexibility index (Phi) is 4.46. The Bertz CT molecular complexity index is 1050. The summed E-state index contributed by atoms with van der Waals surface area (Å²) in [5.41, 5.74) is 8.92. The Morgan fingerprint density at radius 3 is 2.81 bits per heavy atom. The van der Waals surface area contributed by atoms with E-state index in [2.05, 4.69) is 0 Å². The van der Waals surface area contributed by atoms with Crippen molar-refractivity contribution in [3.8, 4) is 0 Å². The number of nitrogens with zero attached hydrogens (tertiary/aromatic N) is 1. The molecule has 1 aliphatic rings. The predicted octanol–water partition coefficient (Wildman–Crippen LogP) is 3.35. The Labute approximate surface area is 155 Å². The van der Waals surface area contributed by atoms with Crippen LogP contribution >= 0.6 is 0 Å². The van der Waals surface area contributed by atoms with Crippen LogP contribution in [0.2, 0.25) is 0 Å². The predicted molar refractivity (Wildman–Crippen MR) is 101 cm³/mol. The van der Waals surface area contributed by atoms with E-state index in [1.54, 1.807) is 6.26 Å². The van der Waals surface area contributed by atoms with E-state index in [1.165, 1.54) is 0 Å². The lowest BCUT2D eigenvalue weighted by atomic mass is 9.86. The van der Waals surface area contributed by atoms with Crippen LogP contribution < -0.4 is 5.73 Å². The topological polar surface area (TPSA) is 95.4 Å². The second-order valence-electron chi connectivity index (χ2n) is 6.41. The van der Waals surface area contributed by atoms with Crippen molar-refractivity contribution in [2.45, 2.75) is 19.3 Å². The van der Waals surface area contributed by atoms with Gasteiger partial charge in [-0.2, -0.15) is 0 Å². The van der Waals surface area contributed by atoms with E-state index in [4.69, 9.17) is 19.9 Å². The molecule has 1 amide bonds. The van der Waals surface area contributed by atoms with Crippen LogP contribution in [0.15, 0.2) is 47.1 Å². The molecule has 0 radical (unpaired) electrons. The van der Waals surface area contributed by atoms with Gasteiger partial charge in [0.05, 0.1) is 23.0 Å². The van der Waals surface area contributed by atoms with Gasteiger partial charge in [0.25, 0.3) is 5.91 Å². The summed E-state index contributed by atoms with van der Waals surface area (Å²) in [6.45, 7) is -0.445. The summed E-state index contributed by atoms with van der Waals surface area (Å²) >= 11 is 0. The number of pyridine rings is 1. The van der Waals surface area contributed by atoms with Gasteiger partial charge < -0.3 is 14.9 Å². The third-order valence-corrected chi connectivity index (χ3v) is 4.58. The average molecular weight is 362 g/mol. The number of para-hydroxylation sites is 1. The molecular formula is C21H18N2O4. The van der Waals surface area contributed by atoms with Gasteiger partial charge in [-0.3, -0.25) is 4.79 Å². The van der Waals surface area contributed by atoms with Gasteiger partial charge >= 0.3 is 5.97 Å². The number of primary amides is 1. The van der Waals surface area contributed by atoms with Crippen molar-refractivity contribution in [2.75, 3.05) is 6.61 Å². The molecule has 2 aromatic heterocycles. The van der Waals surface area contributed by atoms with Crippen molar-refractivity contribution in [3.63, 3.8) is 0 Å². The third kappa shape index (κ3) is 3.33. The maximum atomic E-state index is 12.8. The highest BCUT2D eigenvalue weighted by atomic mass is 16.5. The van der Waals surface area contributed by atoms with E-state index < -0.39 is 18.5 Å². The first kappa shape index (κ1) is 17.0. The lowest BCUT2D eigenvalue weighted by Gasteiger charge is -2.22. The molecule has 136 valence electrons. The molecule has 4 rings (SSSR count). The van der Waals surface area contributed by atoms with Crippen LogP contribution in [0.5, 0.6) is 0 Å². The standard InChI is InChI=1S/C21H18N2O4/c22-18(24)12-27-21(25)19-15-7-1-2-9-17(15)23-20-13(5-3-8-16(19)20)11-14-6-4-10-26-14/h1-2,4,6-7,9-11H,3,5,8,12H2,(H2,22,24). The van der Waals surface area contributed by atoms with Gasteiger partial charge in [0.2, 0.25) is 0 Å². The number of carbonyl (C=O) groups is 2. The summed E-state index contributed by atoms with van der Waals surface area (Å²) in [6.07, 6.45) is 6.02. The molecule has 0 bridgehead atoms. The summed E-state index contributed by atoms with van der Waals surface area (Å²) in [6, 6.07) is 11.1. The Hall–Kier alpha value is -3.41. The van der Waals surface area contributed by atoms with Gasteiger partial charge in [0.1, 0.15) is 5.76 Å². The highest BCUT2D eigenvalue weighted by molar-refractivity contribution is 6.07. The summed E-state index contributed by atoms with van der Waals surface area (Å²) in [4.78, 5) is 28.6. The minimum atomic E-state index is -0.686. The Morgan fingerprint density at radius 2 is 2.04 bits per heavy atom. The van der Waals surface area contributed by atoms with E-state index in [0.717, 1.165) is 35.4 Å². The first-order valence-corrected chi connectivity index (χ1v) is 8.75. The van der Waals surface area contributed by atoms with Crippen molar-refractivity contribution in [1.29, 1.82) is 0 Å². The summed E-state index contributed by atoms with van der Waals surface area (Å²) in [5, 5.41) is 0.713. The molecule has 1 aliphatic carbocycles. The second-order valence-corrected chi connectivity index (χ2v) is 6.41. The Balaban J connectivity index is 1.89. The van der Waals surface area contributed by atoms with Gasteiger partial charge in [-0.15, -0.1) is 0 Å². The number of esters is 1. The number of benzene rings is 1. The first-order valence-electron chi connectivity index (χ1n) is 8.75. The zero-order valence-corrected chi connectivity index (χ0v) is 14.6. The molecule has 0 fully saturated rings. The van der Waals surface area contributed by atoms with Gasteiger partial charge in [0, 0.05) is 5.39 Å². The van der Waals surface area contributed by atoms with E-state index in [0.29, 0.717) is 22.9 Å². The molecule has 0 spiro atoms. The number of rotatable bonds is 4. The number of fused-ring (bicyclic) bond motifs is 2. The quantitative estimate of drug-likeness (QED) is 0.718. The molecule has 0 atom stereocenters. The molecule has 1 aromatic carbocycles. The number of amides is 1. The van der Waals surface area contributed by atoms with Crippen molar-refractivity contribution < 1.29 is 18.7 Å². The molecule has 3 aromatic rings. The molecule has 6 heteroatoms. The molecule has 0 aliphatic heterocycles. The van der Waals surface area contributed by atoms with Gasteiger partial charge in [0.15, 0.2) is 6.61 Å². The van der Waals surface area contributed by atoms with Crippen LogP contribution in [-0.2, 0) is 16.0 Å². The number of hydrogen-bond donors (Lipinski definition) is 1. The zero-order valence-electron chi connectivity index (χ0n) is 14.6. The summed E-state index contributed by atoms with van der Waals surface area (Å²) in [5.74, 6) is -0.498. The molecule has 2 heterocycles. The van der Waals surface area contributed by atoms with Gasteiger partial charge in [-0.05, 0) is 54.7 Å². The van der Waals surface area contributed by atoms with Crippen LogP contribution in [0, 0.1) is 0 Å². The first-order chi connectivity index (χ1) is 13.1. The van der Waals surface area contributed by atoms with Crippen molar-refractivity contribution in [2.24, 2.45) is 5.73 Å². The van der Waals surface area contributed by atoms with Crippen molar-refractivity contribution in [1.82, 2.24) is 4.98 Å². The highest BCUT2D eigenvalue weighted by Crippen LogP contribution is 2.36. The molecular weight excluding hydrogens is 344 g/mol. The fraction of sp³-hybridized carbons (Fsp3) is 0.190. The number of aromatic nitrogens is 1. The van der Waals surface area contributed by atoms with Crippen molar-refractivity contribution >= 4 is 34.4 Å². The van der Waals surface area contributed by atoms with Gasteiger partial charge in [-0.1, -0.05) is 18.2 Å². The fourth-order valence-corrected chi connectivity index (χ4v) is 3.46. The molecule has 0 saturated heterocycles. The normalized spacial score (nSPS) is 14.9. The minimum absolute atomic E-state index is 0.445. The molecule has 2 N–H and O–H groups in total. The third-order valence-electron chi connectivity index (χ3n) is 4.58. The van der Waals surface area contributed by atoms with Crippen LogP contribution in [0.4, 0.5) is 0 Å². The number of furan rings is 1. The monoisotopic (exact) mass is 362 g/mol. The average Bonchev–Trinajstić information content (AvgIpc) is 3.18. The van der Waals surface area contributed by atoms with E-state index in [1.807, 2.05) is 42.5 Å². The van der Waals surface area contributed by atoms with Crippen LogP contribution in [0.1, 0.15) is 40.2 Å². The fourth-order valence-electron chi connectivity index (χ4n) is 3.46. The Morgan fingerprint density at radius 1 is 1.19 bits per heavy atom. The van der Waals surface area contributed by atoms with E-state index >= 15 is 0 Å². The molecule has 6 nitrogen and oxygen atoms in total. The number of allylic oxidation sites excluding steroid dienone is 1. The highest BCUT2D eigenvalue weighted by Gasteiger charge is 2.26. The number of carbonyl (C=O) groups excluding carboxylic acids is 2. The van der Waals surface area contributed by atoms with E-state index in [-0.39, 0.29) is 0 Å². The largest absolute Gasteiger partial charge is 0.465 e. The smallest absolute Gasteiger partial charge is 0.339 e. The number of nitrogens with two attached hydrogens (primary N) is 1. The SMILES string of the molecule is NC(=O)COC(=O)c1c2c(nc3ccccc13)C(=Cc1ccco1)CCC2. The summed E-state index contributed by atoms with van der Waals surface area (Å²) < 4.78 is 10.6. The van der Waals surface area contributed by atoms with Gasteiger partial charge in [-0.25, -0.2) is 9.78 Å². The summed E-state index contributed by atoms with van der Waals surface area (Å²) in [7, 11) is 0. The van der Waals surface area contributed by atoms with E-state index in [9.17, 15) is 9.59 Å².